The fourth-order valence-electron chi connectivity index (χ4n) is 2.72. The molecule has 1 aliphatic rings. The highest BCUT2D eigenvalue weighted by Gasteiger charge is 2.20. The summed E-state index contributed by atoms with van der Waals surface area (Å²) in [7, 11) is 0. The van der Waals surface area contributed by atoms with E-state index in [0.717, 1.165) is 45.3 Å². The minimum Gasteiger partial charge on any atom is -0.380 e. The predicted molar refractivity (Wildman–Crippen MR) is 77.8 cm³/mol. The zero-order valence-electron chi connectivity index (χ0n) is 12.4. The Morgan fingerprint density at radius 1 is 1.17 bits per heavy atom. The van der Waals surface area contributed by atoms with Crippen molar-refractivity contribution in [2.24, 2.45) is 11.7 Å². The molecule has 1 saturated carbocycles. The molecule has 0 aromatic carbocycles. The Kier molecular flexibility index (Phi) is 8.64. The van der Waals surface area contributed by atoms with E-state index < -0.39 is 0 Å². The number of rotatable bonds is 9. The Balaban J connectivity index is 2.25. The Morgan fingerprint density at radius 2 is 1.89 bits per heavy atom. The van der Waals surface area contributed by atoms with Crippen molar-refractivity contribution in [2.45, 2.75) is 58.4 Å². The number of nitrogens with two attached hydrogens (primary N) is 1. The first-order chi connectivity index (χ1) is 8.74. The van der Waals surface area contributed by atoms with E-state index in [4.69, 9.17) is 10.5 Å². The van der Waals surface area contributed by atoms with E-state index in [2.05, 4.69) is 18.7 Å². The van der Waals surface area contributed by atoms with Crippen molar-refractivity contribution in [3.05, 3.63) is 0 Å². The van der Waals surface area contributed by atoms with Gasteiger partial charge in [-0.1, -0.05) is 33.1 Å². The molecule has 0 unspecified atom stereocenters. The van der Waals surface area contributed by atoms with Crippen LogP contribution in [-0.2, 0) is 4.74 Å². The molecule has 0 aliphatic heterocycles. The van der Waals surface area contributed by atoms with Crippen LogP contribution in [0.25, 0.3) is 0 Å². The van der Waals surface area contributed by atoms with Crippen LogP contribution >= 0.6 is 0 Å². The molecule has 0 bridgehead atoms. The van der Waals surface area contributed by atoms with Crippen molar-refractivity contribution in [2.75, 3.05) is 32.8 Å². The third kappa shape index (κ3) is 6.72. The van der Waals surface area contributed by atoms with E-state index in [-0.39, 0.29) is 0 Å². The summed E-state index contributed by atoms with van der Waals surface area (Å²) in [6, 6.07) is 0.785. The molecular formula is C15H32N2O. The lowest BCUT2D eigenvalue weighted by atomic mass is 9.94. The first kappa shape index (κ1) is 15.9. The van der Waals surface area contributed by atoms with Gasteiger partial charge in [-0.25, -0.2) is 0 Å². The van der Waals surface area contributed by atoms with E-state index in [9.17, 15) is 0 Å². The Bertz CT molecular complexity index is 191. The molecular weight excluding hydrogens is 224 g/mol. The standard InChI is InChI=1S/C15H32N2O/c1-14(2)13-18-12-11-17(10-6-9-16)15-7-4-3-5-8-15/h14-15H,3-13,16H2,1-2H3. The number of hydrogen-bond donors (Lipinski definition) is 1. The summed E-state index contributed by atoms with van der Waals surface area (Å²) in [5.41, 5.74) is 5.64. The molecule has 0 heterocycles. The topological polar surface area (TPSA) is 38.5 Å². The van der Waals surface area contributed by atoms with Gasteiger partial charge in [-0.15, -0.1) is 0 Å². The molecule has 0 radical (unpaired) electrons. The van der Waals surface area contributed by atoms with Crippen LogP contribution in [0.2, 0.25) is 0 Å². The number of ether oxygens (including phenoxy) is 1. The average molecular weight is 256 g/mol. The van der Waals surface area contributed by atoms with Gasteiger partial charge in [0.1, 0.15) is 0 Å². The van der Waals surface area contributed by atoms with Gasteiger partial charge < -0.3 is 10.5 Å². The monoisotopic (exact) mass is 256 g/mol. The molecule has 108 valence electrons. The number of nitrogens with zero attached hydrogens (tertiary/aromatic N) is 1. The molecule has 3 heteroatoms. The molecule has 1 aliphatic carbocycles. The van der Waals surface area contributed by atoms with Crippen LogP contribution in [0.4, 0.5) is 0 Å². The maximum atomic E-state index is 5.72. The molecule has 0 saturated heterocycles. The molecule has 0 aromatic heterocycles. The first-order valence-electron chi connectivity index (χ1n) is 7.76. The summed E-state index contributed by atoms with van der Waals surface area (Å²) in [6.07, 6.45) is 8.07. The lowest BCUT2D eigenvalue weighted by molar-refractivity contribution is 0.0636. The Morgan fingerprint density at radius 3 is 2.50 bits per heavy atom. The minimum absolute atomic E-state index is 0.636. The van der Waals surface area contributed by atoms with E-state index >= 15 is 0 Å². The van der Waals surface area contributed by atoms with Crippen LogP contribution in [0.5, 0.6) is 0 Å². The minimum atomic E-state index is 0.636. The van der Waals surface area contributed by atoms with Gasteiger partial charge in [-0.05, 0) is 38.3 Å². The van der Waals surface area contributed by atoms with Crippen LogP contribution in [0.3, 0.4) is 0 Å². The second-order valence-corrected chi connectivity index (χ2v) is 5.94. The quantitative estimate of drug-likeness (QED) is 0.645. The molecule has 3 nitrogen and oxygen atoms in total. The van der Waals surface area contributed by atoms with Crippen LogP contribution in [0.1, 0.15) is 52.4 Å². The molecule has 18 heavy (non-hydrogen) atoms. The second-order valence-electron chi connectivity index (χ2n) is 5.94. The zero-order chi connectivity index (χ0) is 13.2. The summed E-state index contributed by atoms with van der Waals surface area (Å²) in [6.45, 7) is 9.19. The van der Waals surface area contributed by atoms with Crippen molar-refractivity contribution >= 4 is 0 Å². The van der Waals surface area contributed by atoms with Gasteiger partial charge >= 0.3 is 0 Å². The Hall–Kier alpha value is -0.120. The summed E-state index contributed by atoms with van der Waals surface area (Å²) >= 11 is 0. The lowest BCUT2D eigenvalue weighted by Gasteiger charge is -2.34. The largest absolute Gasteiger partial charge is 0.380 e. The van der Waals surface area contributed by atoms with E-state index in [1.807, 2.05) is 0 Å². The normalized spacial score (nSPS) is 17.8. The first-order valence-corrected chi connectivity index (χ1v) is 7.76. The van der Waals surface area contributed by atoms with Gasteiger partial charge in [-0.2, -0.15) is 0 Å². The van der Waals surface area contributed by atoms with Crippen LogP contribution in [-0.4, -0.2) is 43.8 Å². The summed E-state index contributed by atoms with van der Waals surface area (Å²) in [5.74, 6) is 0.636. The smallest absolute Gasteiger partial charge is 0.0593 e. The molecule has 0 atom stereocenters. The predicted octanol–water partition coefficient (Wildman–Crippen LogP) is 2.64. The van der Waals surface area contributed by atoms with Gasteiger partial charge in [-0.3, -0.25) is 4.90 Å². The highest BCUT2D eigenvalue weighted by atomic mass is 16.5. The van der Waals surface area contributed by atoms with E-state index in [0.29, 0.717) is 5.92 Å². The van der Waals surface area contributed by atoms with E-state index in [1.165, 1.54) is 32.1 Å². The van der Waals surface area contributed by atoms with Gasteiger partial charge in [0.05, 0.1) is 6.61 Å². The van der Waals surface area contributed by atoms with Crippen molar-refractivity contribution in [3.8, 4) is 0 Å². The summed E-state index contributed by atoms with van der Waals surface area (Å²) in [4.78, 5) is 2.62. The molecule has 0 spiro atoms. The van der Waals surface area contributed by atoms with Crippen LogP contribution in [0, 0.1) is 5.92 Å². The molecule has 0 aromatic rings. The van der Waals surface area contributed by atoms with Crippen molar-refractivity contribution < 1.29 is 4.74 Å². The van der Waals surface area contributed by atoms with Gasteiger partial charge in [0.25, 0.3) is 0 Å². The Labute approximate surface area is 113 Å². The lowest BCUT2D eigenvalue weighted by Crippen LogP contribution is -2.40. The maximum absolute atomic E-state index is 5.72. The third-order valence-electron chi connectivity index (χ3n) is 3.71. The fraction of sp³-hybridized carbons (Fsp3) is 1.00. The number of hydrogen-bond acceptors (Lipinski definition) is 3. The molecule has 1 rings (SSSR count). The average Bonchev–Trinajstić information content (AvgIpc) is 2.38. The molecule has 1 fully saturated rings. The maximum Gasteiger partial charge on any atom is 0.0593 e. The highest BCUT2D eigenvalue weighted by Crippen LogP contribution is 2.22. The van der Waals surface area contributed by atoms with Gasteiger partial charge in [0, 0.05) is 19.2 Å². The zero-order valence-corrected chi connectivity index (χ0v) is 12.4. The van der Waals surface area contributed by atoms with E-state index in [1.54, 1.807) is 0 Å². The highest BCUT2D eigenvalue weighted by molar-refractivity contribution is 4.75. The molecule has 0 amide bonds. The third-order valence-corrected chi connectivity index (χ3v) is 3.71. The SMILES string of the molecule is CC(C)COCCN(CCCN)C1CCCCC1. The fourth-order valence-corrected chi connectivity index (χ4v) is 2.72. The van der Waals surface area contributed by atoms with Crippen molar-refractivity contribution in [3.63, 3.8) is 0 Å². The molecule has 2 N–H and O–H groups in total. The van der Waals surface area contributed by atoms with Crippen LogP contribution < -0.4 is 5.73 Å². The second kappa shape index (κ2) is 9.76. The van der Waals surface area contributed by atoms with Crippen LogP contribution in [0.15, 0.2) is 0 Å². The summed E-state index contributed by atoms with van der Waals surface area (Å²) < 4.78 is 5.72. The van der Waals surface area contributed by atoms with Gasteiger partial charge in [0.15, 0.2) is 0 Å². The van der Waals surface area contributed by atoms with Gasteiger partial charge in [0.2, 0.25) is 0 Å². The van der Waals surface area contributed by atoms with Crippen molar-refractivity contribution in [1.82, 2.24) is 4.90 Å². The van der Waals surface area contributed by atoms with Crippen molar-refractivity contribution in [1.29, 1.82) is 0 Å². The summed E-state index contributed by atoms with van der Waals surface area (Å²) in [5, 5.41) is 0.